The zero-order chi connectivity index (χ0) is 16.5. The first kappa shape index (κ1) is 14.9. The third-order valence-corrected chi connectivity index (χ3v) is 4.57. The van der Waals surface area contributed by atoms with Crippen LogP contribution in [0, 0.1) is 0 Å². The van der Waals surface area contributed by atoms with Gasteiger partial charge in [-0.25, -0.2) is 0 Å². The van der Waals surface area contributed by atoms with E-state index in [9.17, 15) is 9.59 Å². The van der Waals surface area contributed by atoms with Gasteiger partial charge in [0.1, 0.15) is 0 Å². The van der Waals surface area contributed by atoms with Crippen molar-refractivity contribution < 1.29 is 14.3 Å². The Kier molecular flexibility index (Phi) is 3.78. The van der Waals surface area contributed by atoms with E-state index in [1.165, 1.54) is 0 Å². The number of carbonyl (C=O) groups is 2. The number of hydrogen-bond donors (Lipinski definition) is 1. The second kappa shape index (κ2) is 6.09. The number of nitrogens with zero attached hydrogens (tertiary/aromatic N) is 1. The second-order valence-corrected chi connectivity index (χ2v) is 6.00. The maximum atomic E-state index is 12.7. The standard InChI is InChI=1S/C19H18N2O3/c22-18-16-6-2-5-15(17(16)12-20-18)13-3-1-4-14(11-13)19(23)21-7-9-24-10-8-21/h1-6,11H,7-10,12H2,(H,20,22). The Bertz CT molecular complexity index is 810. The Morgan fingerprint density at radius 3 is 2.62 bits per heavy atom. The molecule has 1 fully saturated rings. The number of fused-ring (bicyclic) bond motifs is 1. The molecule has 0 atom stereocenters. The maximum Gasteiger partial charge on any atom is 0.254 e. The molecule has 2 aromatic carbocycles. The Labute approximate surface area is 140 Å². The molecule has 0 radical (unpaired) electrons. The number of benzene rings is 2. The molecule has 1 saturated heterocycles. The van der Waals surface area contributed by atoms with Gasteiger partial charge in [-0.05, 0) is 34.9 Å². The zero-order valence-corrected chi connectivity index (χ0v) is 13.2. The molecule has 2 heterocycles. The highest BCUT2D eigenvalue weighted by Crippen LogP contribution is 2.30. The van der Waals surface area contributed by atoms with Gasteiger partial charge in [0.15, 0.2) is 0 Å². The summed E-state index contributed by atoms with van der Waals surface area (Å²) in [5.74, 6) is -0.00525. The van der Waals surface area contributed by atoms with E-state index in [0.717, 1.165) is 22.3 Å². The van der Waals surface area contributed by atoms with Gasteiger partial charge in [0.05, 0.1) is 13.2 Å². The fourth-order valence-corrected chi connectivity index (χ4v) is 3.29. The van der Waals surface area contributed by atoms with Crippen LogP contribution in [-0.4, -0.2) is 43.0 Å². The molecule has 0 saturated carbocycles. The van der Waals surface area contributed by atoms with Crippen molar-refractivity contribution in [3.05, 3.63) is 59.2 Å². The second-order valence-electron chi connectivity index (χ2n) is 6.00. The summed E-state index contributed by atoms with van der Waals surface area (Å²) in [4.78, 5) is 26.3. The van der Waals surface area contributed by atoms with Crippen molar-refractivity contribution >= 4 is 11.8 Å². The predicted octanol–water partition coefficient (Wildman–Crippen LogP) is 2.07. The minimum Gasteiger partial charge on any atom is -0.378 e. The van der Waals surface area contributed by atoms with Crippen molar-refractivity contribution in [2.24, 2.45) is 0 Å². The van der Waals surface area contributed by atoms with Gasteiger partial charge in [-0.1, -0.05) is 24.3 Å². The molecule has 2 aliphatic heterocycles. The fraction of sp³-hybridized carbons (Fsp3) is 0.263. The average Bonchev–Trinajstić information content (AvgIpc) is 3.03. The Hall–Kier alpha value is -2.66. The van der Waals surface area contributed by atoms with E-state index in [1.54, 1.807) is 0 Å². The first-order valence-electron chi connectivity index (χ1n) is 8.11. The first-order chi connectivity index (χ1) is 11.7. The summed E-state index contributed by atoms with van der Waals surface area (Å²) in [7, 11) is 0. The number of hydrogen-bond acceptors (Lipinski definition) is 3. The largest absolute Gasteiger partial charge is 0.378 e. The van der Waals surface area contributed by atoms with Gasteiger partial charge in [0.25, 0.3) is 11.8 Å². The number of nitrogens with one attached hydrogen (secondary N) is 1. The van der Waals surface area contributed by atoms with E-state index in [4.69, 9.17) is 4.74 Å². The SMILES string of the molecule is O=C1NCc2c1cccc2-c1cccc(C(=O)N2CCOCC2)c1. The minimum absolute atomic E-state index is 0.0296. The highest BCUT2D eigenvalue weighted by Gasteiger charge is 2.23. The lowest BCUT2D eigenvalue weighted by Gasteiger charge is -2.27. The Morgan fingerprint density at radius 2 is 1.79 bits per heavy atom. The molecule has 0 bridgehead atoms. The van der Waals surface area contributed by atoms with E-state index >= 15 is 0 Å². The molecule has 0 unspecified atom stereocenters. The number of ether oxygens (including phenoxy) is 1. The number of rotatable bonds is 2. The van der Waals surface area contributed by atoms with Gasteiger partial charge in [-0.2, -0.15) is 0 Å². The third-order valence-electron chi connectivity index (χ3n) is 4.57. The molecular formula is C19H18N2O3. The summed E-state index contributed by atoms with van der Waals surface area (Å²) in [5.41, 5.74) is 4.35. The topological polar surface area (TPSA) is 58.6 Å². The van der Waals surface area contributed by atoms with Gasteiger partial charge >= 0.3 is 0 Å². The number of carbonyl (C=O) groups excluding carboxylic acids is 2. The fourth-order valence-electron chi connectivity index (χ4n) is 3.29. The smallest absolute Gasteiger partial charge is 0.254 e. The molecule has 4 rings (SSSR count). The molecule has 2 aromatic rings. The van der Waals surface area contributed by atoms with Crippen LogP contribution >= 0.6 is 0 Å². The molecule has 5 nitrogen and oxygen atoms in total. The van der Waals surface area contributed by atoms with Crippen LogP contribution in [0.5, 0.6) is 0 Å². The highest BCUT2D eigenvalue weighted by molar-refractivity contribution is 6.01. The van der Waals surface area contributed by atoms with Crippen molar-refractivity contribution in [3.8, 4) is 11.1 Å². The summed E-state index contributed by atoms with van der Waals surface area (Å²) < 4.78 is 5.31. The van der Waals surface area contributed by atoms with E-state index in [0.29, 0.717) is 38.4 Å². The number of amides is 2. The van der Waals surface area contributed by atoms with E-state index in [2.05, 4.69) is 5.32 Å². The average molecular weight is 322 g/mol. The molecular weight excluding hydrogens is 304 g/mol. The maximum absolute atomic E-state index is 12.7. The third kappa shape index (κ3) is 2.57. The van der Waals surface area contributed by atoms with Crippen molar-refractivity contribution in [1.82, 2.24) is 10.2 Å². The molecule has 1 N–H and O–H groups in total. The van der Waals surface area contributed by atoms with Crippen LogP contribution in [0.3, 0.4) is 0 Å². The molecule has 0 aliphatic carbocycles. The van der Waals surface area contributed by atoms with E-state index in [-0.39, 0.29) is 11.8 Å². The van der Waals surface area contributed by atoms with Gasteiger partial charge in [-0.15, -0.1) is 0 Å². The first-order valence-corrected chi connectivity index (χ1v) is 8.11. The minimum atomic E-state index is -0.0348. The van der Waals surface area contributed by atoms with Crippen LogP contribution in [0.4, 0.5) is 0 Å². The van der Waals surface area contributed by atoms with Crippen LogP contribution in [0.2, 0.25) is 0 Å². The molecule has 0 spiro atoms. The van der Waals surface area contributed by atoms with Crippen molar-refractivity contribution in [1.29, 1.82) is 0 Å². The Morgan fingerprint density at radius 1 is 1.04 bits per heavy atom. The quantitative estimate of drug-likeness (QED) is 0.921. The van der Waals surface area contributed by atoms with E-state index < -0.39 is 0 Å². The van der Waals surface area contributed by atoms with Crippen LogP contribution in [0.25, 0.3) is 11.1 Å². The van der Waals surface area contributed by atoms with Gasteiger partial charge < -0.3 is 15.0 Å². The Balaban J connectivity index is 1.69. The lowest BCUT2D eigenvalue weighted by atomic mass is 9.95. The lowest BCUT2D eigenvalue weighted by Crippen LogP contribution is -2.40. The van der Waals surface area contributed by atoms with Crippen molar-refractivity contribution in [2.75, 3.05) is 26.3 Å². The summed E-state index contributed by atoms with van der Waals surface area (Å²) >= 11 is 0. The van der Waals surface area contributed by atoms with Crippen LogP contribution in [-0.2, 0) is 11.3 Å². The van der Waals surface area contributed by atoms with Crippen LogP contribution < -0.4 is 5.32 Å². The van der Waals surface area contributed by atoms with Crippen LogP contribution in [0.15, 0.2) is 42.5 Å². The molecule has 0 aromatic heterocycles. The van der Waals surface area contributed by atoms with Crippen LogP contribution in [0.1, 0.15) is 26.3 Å². The molecule has 2 aliphatic rings. The zero-order valence-electron chi connectivity index (χ0n) is 13.2. The summed E-state index contributed by atoms with van der Waals surface area (Å²) in [6.45, 7) is 2.97. The lowest BCUT2D eigenvalue weighted by molar-refractivity contribution is 0.0303. The molecule has 122 valence electrons. The predicted molar refractivity (Wildman–Crippen MR) is 89.8 cm³/mol. The van der Waals surface area contributed by atoms with Gasteiger partial charge in [0.2, 0.25) is 0 Å². The highest BCUT2D eigenvalue weighted by atomic mass is 16.5. The number of morpholine rings is 1. The summed E-state index contributed by atoms with van der Waals surface area (Å²) in [6.07, 6.45) is 0. The van der Waals surface area contributed by atoms with Crippen molar-refractivity contribution in [2.45, 2.75) is 6.54 Å². The normalized spacial score (nSPS) is 16.7. The molecule has 2 amide bonds. The van der Waals surface area contributed by atoms with Gasteiger partial charge in [0, 0.05) is 30.8 Å². The molecule has 24 heavy (non-hydrogen) atoms. The monoisotopic (exact) mass is 322 g/mol. The van der Waals surface area contributed by atoms with E-state index in [1.807, 2.05) is 47.4 Å². The van der Waals surface area contributed by atoms with Crippen molar-refractivity contribution in [3.63, 3.8) is 0 Å². The van der Waals surface area contributed by atoms with Gasteiger partial charge in [-0.3, -0.25) is 9.59 Å². The summed E-state index contributed by atoms with van der Waals surface area (Å²) in [5, 5.41) is 2.86. The molecule has 5 heteroatoms. The summed E-state index contributed by atoms with van der Waals surface area (Å²) in [6, 6.07) is 13.3.